The van der Waals surface area contributed by atoms with Crippen LogP contribution in [0.4, 0.5) is 22.0 Å². The normalized spacial score (nSPS) is 11.9. The summed E-state index contributed by atoms with van der Waals surface area (Å²) in [6, 6.07) is 0. The fraction of sp³-hybridized carbons (Fsp3) is 0.250. The van der Waals surface area contributed by atoms with Gasteiger partial charge in [0, 0.05) is 11.8 Å². The predicted molar refractivity (Wildman–Crippen MR) is 44.6 cm³/mol. The summed E-state index contributed by atoms with van der Waals surface area (Å²) in [6.07, 6.45) is -8.18. The Morgan fingerprint density at radius 3 is 2.31 bits per heavy atom. The van der Waals surface area contributed by atoms with E-state index in [4.69, 9.17) is 11.6 Å². The number of alkyl halides is 5. The minimum Gasteiger partial charge on any atom is -0.298 e. The Morgan fingerprint density at radius 2 is 1.94 bits per heavy atom. The maximum absolute atomic E-state index is 12.4. The van der Waals surface area contributed by atoms with Crippen LogP contribution in [-0.4, -0.2) is 11.3 Å². The summed E-state index contributed by atoms with van der Waals surface area (Å²) in [7, 11) is 0. The van der Waals surface area contributed by atoms with Crippen LogP contribution in [0.5, 0.6) is 0 Å². The van der Waals surface area contributed by atoms with Crippen LogP contribution in [0.1, 0.15) is 28.0 Å². The highest BCUT2D eigenvalue weighted by atomic mass is 35.5. The van der Waals surface area contributed by atoms with E-state index >= 15 is 0 Å². The highest BCUT2D eigenvalue weighted by Crippen LogP contribution is 2.38. The molecule has 16 heavy (non-hydrogen) atoms. The van der Waals surface area contributed by atoms with Crippen molar-refractivity contribution in [3.8, 4) is 0 Å². The molecule has 0 unspecified atom stereocenters. The first-order valence-corrected chi connectivity index (χ1v) is 4.15. The quantitative estimate of drug-likeness (QED) is 0.601. The summed E-state index contributed by atoms with van der Waals surface area (Å²) in [5.74, 6) is 0. The van der Waals surface area contributed by atoms with Gasteiger partial charge in [-0.25, -0.2) is 13.8 Å². The zero-order valence-corrected chi connectivity index (χ0v) is 8.11. The number of pyridine rings is 1. The van der Waals surface area contributed by atoms with Gasteiger partial charge in [0.25, 0.3) is 6.43 Å². The molecule has 8 heteroatoms. The van der Waals surface area contributed by atoms with Crippen LogP contribution in [0, 0.1) is 0 Å². The van der Waals surface area contributed by atoms with E-state index in [-0.39, 0.29) is 6.29 Å². The Morgan fingerprint density at radius 1 is 1.38 bits per heavy atom. The molecule has 0 radical (unpaired) electrons. The summed E-state index contributed by atoms with van der Waals surface area (Å²) in [6.45, 7) is 0. The van der Waals surface area contributed by atoms with Crippen molar-refractivity contribution < 1.29 is 26.7 Å². The molecule has 0 amide bonds. The Hall–Kier alpha value is -1.24. The van der Waals surface area contributed by atoms with Crippen molar-refractivity contribution in [3.63, 3.8) is 0 Å². The summed E-state index contributed by atoms with van der Waals surface area (Å²) in [5, 5.41) is -0.543. The lowest BCUT2D eigenvalue weighted by Gasteiger charge is -2.13. The molecule has 0 aromatic carbocycles. The van der Waals surface area contributed by atoms with Crippen LogP contribution in [0.25, 0.3) is 0 Å². The number of hydrogen-bond donors (Lipinski definition) is 0. The number of halogens is 6. The third-order valence-electron chi connectivity index (χ3n) is 1.71. The van der Waals surface area contributed by atoms with Crippen LogP contribution in [-0.2, 0) is 6.18 Å². The molecule has 0 aliphatic rings. The van der Waals surface area contributed by atoms with E-state index in [2.05, 4.69) is 4.98 Å². The summed E-state index contributed by atoms with van der Waals surface area (Å²) in [4.78, 5) is 13.2. The lowest BCUT2D eigenvalue weighted by molar-refractivity contribution is -0.143. The van der Waals surface area contributed by atoms with Crippen molar-refractivity contribution in [1.82, 2.24) is 4.98 Å². The van der Waals surface area contributed by atoms with E-state index in [1.807, 2.05) is 0 Å². The van der Waals surface area contributed by atoms with Crippen molar-refractivity contribution in [3.05, 3.63) is 28.0 Å². The molecule has 0 atom stereocenters. The van der Waals surface area contributed by atoms with Crippen molar-refractivity contribution in [2.45, 2.75) is 12.6 Å². The molecule has 0 aliphatic heterocycles. The van der Waals surface area contributed by atoms with E-state index in [9.17, 15) is 26.7 Å². The molecule has 0 fully saturated rings. The molecule has 0 saturated heterocycles. The highest BCUT2D eigenvalue weighted by molar-refractivity contribution is 6.33. The molecule has 0 aliphatic carbocycles. The second-order valence-electron chi connectivity index (χ2n) is 2.70. The monoisotopic (exact) mass is 259 g/mol. The van der Waals surface area contributed by atoms with Crippen molar-refractivity contribution in [2.24, 2.45) is 0 Å². The van der Waals surface area contributed by atoms with E-state index in [0.29, 0.717) is 6.20 Å². The van der Waals surface area contributed by atoms with Crippen molar-refractivity contribution in [2.75, 3.05) is 0 Å². The number of aldehydes is 1. The van der Waals surface area contributed by atoms with Crippen LogP contribution in [0.3, 0.4) is 0 Å². The van der Waals surface area contributed by atoms with E-state index in [1.54, 1.807) is 0 Å². The Kier molecular flexibility index (Phi) is 3.47. The first kappa shape index (κ1) is 12.8. The number of rotatable bonds is 2. The molecule has 1 aromatic rings. The lowest BCUT2D eigenvalue weighted by atomic mass is 10.1. The number of carbonyl (C=O) groups excluding carboxylic acids is 1. The van der Waals surface area contributed by atoms with Crippen LogP contribution >= 0.6 is 11.6 Å². The zero-order valence-electron chi connectivity index (χ0n) is 7.36. The smallest absolute Gasteiger partial charge is 0.298 e. The molecule has 0 saturated carbocycles. The number of hydrogen-bond acceptors (Lipinski definition) is 2. The molecular formula is C8H3ClF5NO. The fourth-order valence-corrected chi connectivity index (χ4v) is 1.28. The first-order chi connectivity index (χ1) is 7.29. The molecule has 0 N–H and O–H groups in total. The van der Waals surface area contributed by atoms with E-state index in [0.717, 1.165) is 0 Å². The van der Waals surface area contributed by atoms with Gasteiger partial charge in [-0.05, 0) is 0 Å². The molecule has 1 rings (SSSR count). The van der Waals surface area contributed by atoms with Gasteiger partial charge in [0.05, 0.1) is 10.6 Å². The Labute approximate surface area is 91.0 Å². The predicted octanol–water partition coefficient (Wildman–Crippen LogP) is 3.50. The molecule has 1 aromatic heterocycles. The van der Waals surface area contributed by atoms with Gasteiger partial charge in [-0.3, -0.25) is 4.79 Å². The van der Waals surface area contributed by atoms with Crippen molar-refractivity contribution in [1.29, 1.82) is 0 Å². The Bertz CT molecular complexity index is 418. The van der Waals surface area contributed by atoms with E-state index < -0.39 is 34.4 Å². The van der Waals surface area contributed by atoms with Gasteiger partial charge >= 0.3 is 6.18 Å². The average molecular weight is 260 g/mol. The summed E-state index contributed by atoms with van der Waals surface area (Å²) >= 11 is 5.30. The van der Waals surface area contributed by atoms with Gasteiger partial charge in [-0.15, -0.1) is 0 Å². The van der Waals surface area contributed by atoms with Crippen LogP contribution < -0.4 is 0 Å². The topological polar surface area (TPSA) is 30.0 Å². The molecule has 0 spiro atoms. The second kappa shape index (κ2) is 4.32. The van der Waals surface area contributed by atoms with Crippen molar-refractivity contribution >= 4 is 17.9 Å². The fourth-order valence-electron chi connectivity index (χ4n) is 1.08. The summed E-state index contributed by atoms with van der Waals surface area (Å²) in [5.41, 5.74) is -4.18. The molecule has 2 nitrogen and oxygen atoms in total. The number of carbonyl (C=O) groups is 1. The molecular weight excluding hydrogens is 257 g/mol. The van der Waals surface area contributed by atoms with Crippen LogP contribution in [0.2, 0.25) is 5.02 Å². The maximum Gasteiger partial charge on any atom is 0.433 e. The molecule has 0 bridgehead atoms. The van der Waals surface area contributed by atoms with Gasteiger partial charge in [0.2, 0.25) is 0 Å². The molecule has 88 valence electrons. The minimum atomic E-state index is -5.06. The van der Waals surface area contributed by atoms with Gasteiger partial charge < -0.3 is 0 Å². The first-order valence-electron chi connectivity index (χ1n) is 3.78. The van der Waals surface area contributed by atoms with Gasteiger partial charge in [-0.1, -0.05) is 11.6 Å². The average Bonchev–Trinajstić information content (AvgIpc) is 2.14. The van der Waals surface area contributed by atoms with Crippen LogP contribution in [0.15, 0.2) is 6.20 Å². The standard InChI is InChI=1S/C8H3ClF5NO/c9-4-1-15-6(8(12,13)14)5(7(10)11)3(4)2-16/h1-2,7H. The third kappa shape index (κ3) is 2.29. The lowest BCUT2D eigenvalue weighted by Crippen LogP contribution is -2.14. The minimum absolute atomic E-state index is 0.152. The number of nitrogens with zero attached hydrogens (tertiary/aromatic N) is 1. The van der Waals surface area contributed by atoms with E-state index in [1.165, 1.54) is 0 Å². The highest BCUT2D eigenvalue weighted by Gasteiger charge is 2.39. The molecule has 1 heterocycles. The maximum atomic E-state index is 12.4. The van der Waals surface area contributed by atoms with Gasteiger partial charge in [0.15, 0.2) is 12.0 Å². The second-order valence-corrected chi connectivity index (χ2v) is 3.11. The third-order valence-corrected chi connectivity index (χ3v) is 2.02. The SMILES string of the molecule is O=Cc1c(Cl)cnc(C(F)(F)F)c1C(F)F. The Balaban J connectivity index is 3.58. The van der Waals surface area contributed by atoms with Gasteiger partial charge in [0.1, 0.15) is 0 Å². The summed E-state index contributed by atoms with van der Waals surface area (Å²) < 4.78 is 61.8. The number of aromatic nitrogens is 1. The largest absolute Gasteiger partial charge is 0.433 e. The van der Waals surface area contributed by atoms with Gasteiger partial charge in [-0.2, -0.15) is 13.2 Å². The zero-order chi connectivity index (χ0) is 12.5.